The minimum absolute atomic E-state index is 0.0285. The van der Waals surface area contributed by atoms with Crippen molar-refractivity contribution in [3.63, 3.8) is 0 Å². The highest BCUT2D eigenvalue weighted by molar-refractivity contribution is 6.30. The van der Waals surface area contributed by atoms with Gasteiger partial charge in [-0.3, -0.25) is 4.79 Å². The van der Waals surface area contributed by atoms with E-state index in [4.69, 9.17) is 16.0 Å². The van der Waals surface area contributed by atoms with Gasteiger partial charge in [-0.1, -0.05) is 11.6 Å². The minimum Gasteiger partial charge on any atom is -0.467 e. The van der Waals surface area contributed by atoms with Crippen LogP contribution in [0.5, 0.6) is 0 Å². The van der Waals surface area contributed by atoms with Crippen molar-refractivity contribution in [3.8, 4) is 0 Å². The SMILES string of the molecule is O=C(CNc1ccc(Cl)cc1F)NCc1ccco1. The average molecular weight is 283 g/mol. The van der Waals surface area contributed by atoms with Crippen LogP contribution in [0.4, 0.5) is 10.1 Å². The van der Waals surface area contributed by atoms with Crippen LogP contribution in [0.3, 0.4) is 0 Å². The third kappa shape index (κ3) is 3.99. The molecule has 1 heterocycles. The fourth-order valence-corrected chi connectivity index (χ4v) is 1.63. The molecule has 0 atom stereocenters. The van der Waals surface area contributed by atoms with Gasteiger partial charge in [0.15, 0.2) is 0 Å². The number of halogens is 2. The Kier molecular flexibility index (Phi) is 4.41. The fraction of sp³-hybridized carbons (Fsp3) is 0.154. The molecule has 1 aromatic heterocycles. The summed E-state index contributed by atoms with van der Waals surface area (Å²) in [5, 5.41) is 5.65. The van der Waals surface area contributed by atoms with Crippen LogP contribution in [-0.4, -0.2) is 12.5 Å². The van der Waals surface area contributed by atoms with E-state index in [1.165, 1.54) is 18.4 Å². The van der Waals surface area contributed by atoms with Gasteiger partial charge in [-0.25, -0.2) is 4.39 Å². The molecule has 4 nitrogen and oxygen atoms in total. The first-order chi connectivity index (χ1) is 9.15. The lowest BCUT2D eigenvalue weighted by molar-refractivity contribution is -0.119. The molecule has 2 N–H and O–H groups in total. The quantitative estimate of drug-likeness (QED) is 0.887. The molecule has 0 spiro atoms. The largest absolute Gasteiger partial charge is 0.467 e. The van der Waals surface area contributed by atoms with Crippen LogP contribution in [0, 0.1) is 5.82 Å². The van der Waals surface area contributed by atoms with E-state index in [0.717, 1.165) is 0 Å². The molecule has 0 radical (unpaired) electrons. The number of hydrogen-bond donors (Lipinski definition) is 2. The van der Waals surface area contributed by atoms with Crippen molar-refractivity contribution in [2.24, 2.45) is 0 Å². The number of amides is 1. The molecule has 2 rings (SSSR count). The van der Waals surface area contributed by atoms with Gasteiger partial charge in [0, 0.05) is 5.02 Å². The number of rotatable bonds is 5. The maximum absolute atomic E-state index is 13.4. The van der Waals surface area contributed by atoms with Crippen LogP contribution in [0.25, 0.3) is 0 Å². The Bertz CT molecular complexity index is 558. The zero-order valence-electron chi connectivity index (χ0n) is 9.95. The average Bonchev–Trinajstić information content (AvgIpc) is 2.88. The van der Waals surface area contributed by atoms with Gasteiger partial charge in [0.1, 0.15) is 11.6 Å². The maximum atomic E-state index is 13.4. The second kappa shape index (κ2) is 6.24. The van der Waals surface area contributed by atoms with Crippen LogP contribution in [0.2, 0.25) is 5.02 Å². The molecular formula is C13H12ClFN2O2. The predicted octanol–water partition coefficient (Wildman–Crippen LogP) is 2.80. The van der Waals surface area contributed by atoms with E-state index in [0.29, 0.717) is 17.3 Å². The molecule has 19 heavy (non-hydrogen) atoms. The van der Waals surface area contributed by atoms with Crippen molar-refractivity contribution in [2.45, 2.75) is 6.54 Å². The first-order valence-corrected chi connectivity index (χ1v) is 6.01. The fourth-order valence-electron chi connectivity index (χ4n) is 1.47. The number of anilines is 1. The molecule has 6 heteroatoms. The molecule has 2 aromatic rings. The number of nitrogens with one attached hydrogen (secondary N) is 2. The van der Waals surface area contributed by atoms with Crippen molar-refractivity contribution in [1.82, 2.24) is 5.32 Å². The first kappa shape index (κ1) is 13.4. The van der Waals surface area contributed by atoms with Crippen LogP contribution in [-0.2, 0) is 11.3 Å². The molecular weight excluding hydrogens is 271 g/mol. The molecule has 0 saturated carbocycles. The third-order valence-corrected chi connectivity index (χ3v) is 2.65. The standard InChI is InChI=1S/C13H12ClFN2O2/c14-9-3-4-12(11(15)6-9)16-8-13(18)17-7-10-2-1-5-19-10/h1-6,16H,7-8H2,(H,17,18). The van der Waals surface area contributed by atoms with Crippen molar-refractivity contribution < 1.29 is 13.6 Å². The van der Waals surface area contributed by atoms with Gasteiger partial charge in [0.2, 0.25) is 5.91 Å². The van der Waals surface area contributed by atoms with E-state index in [2.05, 4.69) is 10.6 Å². The van der Waals surface area contributed by atoms with Crippen LogP contribution < -0.4 is 10.6 Å². The van der Waals surface area contributed by atoms with Gasteiger partial charge in [0.25, 0.3) is 0 Å². The Morgan fingerprint density at radius 1 is 1.37 bits per heavy atom. The van der Waals surface area contributed by atoms with E-state index in [9.17, 15) is 9.18 Å². The molecule has 0 unspecified atom stereocenters. The maximum Gasteiger partial charge on any atom is 0.239 e. The lowest BCUT2D eigenvalue weighted by atomic mass is 10.3. The molecule has 0 aliphatic rings. The monoisotopic (exact) mass is 282 g/mol. The van der Waals surface area contributed by atoms with Crippen LogP contribution in [0.1, 0.15) is 5.76 Å². The lowest BCUT2D eigenvalue weighted by Crippen LogP contribution is -2.29. The number of hydrogen-bond acceptors (Lipinski definition) is 3. The van der Waals surface area contributed by atoms with Crippen LogP contribution in [0.15, 0.2) is 41.0 Å². The topological polar surface area (TPSA) is 54.3 Å². The van der Waals surface area contributed by atoms with Gasteiger partial charge in [-0.15, -0.1) is 0 Å². The molecule has 0 bridgehead atoms. The minimum atomic E-state index is -0.494. The van der Waals surface area contributed by atoms with Crippen LogP contribution >= 0.6 is 11.6 Å². The summed E-state index contributed by atoms with van der Waals surface area (Å²) in [6.45, 7) is 0.274. The zero-order valence-corrected chi connectivity index (χ0v) is 10.7. The molecule has 100 valence electrons. The van der Waals surface area contributed by atoms with E-state index < -0.39 is 5.82 Å². The summed E-state index contributed by atoms with van der Waals surface area (Å²) in [5.41, 5.74) is 0.234. The second-order valence-corrected chi connectivity index (χ2v) is 4.27. The van der Waals surface area contributed by atoms with Gasteiger partial charge in [0.05, 0.1) is 25.0 Å². The van der Waals surface area contributed by atoms with E-state index >= 15 is 0 Å². The summed E-state index contributed by atoms with van der Waals surface area (Å²) in [4.78, 5) is 11.5. The molecule has 0 aliphatic heterocycles. The number of carbonyl (C=O) groups is 1. The third-order valence-electron chi connectivity index (χ3n) is 2.41. The molecule has 1 aromatic carbocycles. The Labute approximate surface area is 114 Å². The Hall–Kier alpha value is -2.01. The highest BCUT2D eigenvalue weighted by Gasteiger charge is 2.06. The van der Waals surface area contributed by atoms with Gasteiger partial charge in [-0.2, -0.15) is 0 Å². The summed E-state index contributed by atoms with van der Waals surface area (Å²) in [7, 11) is 0. The lowest BCUT2D eigenvalue weighted by Gasteiger charge is -2.08. The Balaban J connectivity index is 1.80. The second-order valence-electron chi connectivity index (χ2n) is 3.83. The highest BCUT2D eigenvalue weighted by atomic mass is 35.5. The van der Waals surface area contributed by atoms with E-state index in [-0.39, 0.29) is 18.1 Å². The highest BCUT2D eigenvalue weighted by Crippen LogP contribution is 2.18. The smallest absolute Gasteiger partial charge is 0.239 e. The first-order valence-electron chi connectivity index (χ1n) is 5.63. The molecule has 0 saturated heterocycles. The van der Waals surface area contributed by atoms with Gasteiger partial charge >= 0.3 is 0 Å². The summed E-state index contributed by atoms with van der Waals surface area (Å²) >= 11 is 5.63. The van der Waals surface area contributed by atoms with Crippen molar-refractivity contribution in [1.29, 1.82) is 0 Å². The summed E-state index contributed by atoms with van der Waals surface area (Å²) in [5.74, 6) is -0.0943. The molecule has 0 aliphatic carbocycles. The summed E-state index contributed by atoms with van der Waals surface area (Å²) in [6, 6.07) is 7.71. The molecule has 1 amide bonds. The Morgan fingerprint density at radius 3 is 2.89 bits per heavy atom. The molecule has 0 fully saturated rings. The van der Waals surface area contributed by atoms with Crippen molar-refractivity contribution in [3.05, 3.63) is 53.2 Å². The number of carbonyl (C=O) groups excluding carboxylic acids is 1. The summed E-state index contributed by atoms with van der Waals surface area (Å²) in [6.07, 6.45) is 1.53. The van der Waals surface area contributed by atoms with Crippen molar-refractivity contribution >= 4 is 23.2 Å². The van der Waals surface area contributed by atoms with Crippen molar-refractivity contribution in [2.75, 3.05) is 11.9 Å². The number of benzene rings is 1. The normalized spacial score (nSPS) is 10.2. The predicted molar refractivity (Wildman–Crippen MR) is 70.5 cm³/mol. The number of furan rings is 1. The Morgan fingerprint density at radius 2 is 2.21 bits per heavy atom. The zero-order chi connectivity index (χ0) is 13.7. The van der Waals surface area contributed by atoms with Gasteiger partial charge in [-0.05, 0) is 30.3 Å². The van der Waals surface area contributed by atoms with E-state index in [1.54, 1.807) is 18.2 Å². The summed E-state index contributed by atoms with van der Waals surface area (Å²) < 4.78 is 18.5. The van der Waals surface area contributed by atoms with Gasteiger partial charge < -0.3 is 15.1 Å². The van der Waals surface area contributed by atoms with E-state index in [1.807, 2.05) is 0 Å².